The summed E-state index contributed by atoms with van der Waals surface area (Å²) in [6.45, 7) is 5.05. The summed E-state index contributed by atoms with van der Waals surface area (Å²) in [7, 11) is 0. The van der Waals surface area contributed by atoms with Crippen LogP contribution in [0.5, 0.6) is 0 Å². The van der Waals surface area contributed by atoms with E-state index in [1.54, 1.807) is 0 Å². The fourth-order valence-corrected chi connectivity index (χ4v) is 1.87. The van der Waals surface area contributed by atoms with Gasteiger partial charge < -0.3 is 5.32 Å². The van der Waals surface area contributed by atoms with Crippen LogP contribution in [0.2, 0.25) is 0 Å². The molecular weight excluding hydrogens is 168 g/mol. The first-order valence-electron chi connectivity index (χ1n) is 5.20. The van der Waals surface area contributed by atoms with Gasteiger partial charge in [0.25, 0.3) is 0 Å². The zero-order chi connectivity index (χ0) is 8.93. The maximum absolute atomic E-state index is 5.34. The highest BCUT2D eigenvalue weighted by molar-refractivity contribution is 4.71. The summed E-state index contributed by atoms with van der Waals surface area (Å²) < 4.78 is 0. The number of piperazine rings is 1. The van der Waals surface area contributed by atoms with Crippen LogP contribution in [0, 0.1) is 0 Å². The molecule has 0 aromatic rings. The number of hydrogen-bond acceptors (Lipinski definition) is 4. The van der Waals surface area contributed by atoms with Gasteiger partial charge in [0, 0.05) is 26.2 Å². The lowest BCUT2D eigenvalue weighted by Crippen LogP contribution is -2.49. The molecule has 13 heavy (non-hydrogen) atoms. The molecule has 0 spiro atoms. The second-order valence-corrected chi connectivity index (χ2v) is 3.65. The van der Waals surface area contributed by atoms with E-state index >= 15 is 0 Å². The van der Waals surface area contributed by atoms with Gasteiger partial charge in [-0.3, -0.25) is 4.90 Å². The van der Waals surface area contributed by atoms with Crippen molar-refractivity contribution < 1.29 is 9.78 Å². The topological polar surface area (TPSA) is 33.7 Å². The minimum atomic E-state index is 0.199. The SMILES string of the molecule is C1CCC(N2CCNCC2)OOC1. The van der Waals surface area contributed by atoms with Crippen molar-refractivity contribution in [3.05, 3.63) is 0 Å². The van der Waals surface area contributed by atoms with E-state index in [-0.39, 0.29) is 6.23 Å². The van der Waals surface area contributed by atoms with E-state index < -0.39 is 0 Å². The number of rotatable bonds is 1. The Morgan fingerprint density at radius 2 is 2.00 bits per heavy atom. The van der Waals surface area contributed by atoms with E-state index in [1.165, 1.54) is 6.42 Å². The van der Waals surface area contributed by atoms with E-state index in [9.17, 15) is 0 Å². The van der Waals surface area contributed by atoms with E-state index in [2.05, 4.69) is 10.2 Å². The highest BCUT2D eigenvalue weighted by Gasteiger charge is 2.22. The molecule has 4 nitrogen and oxygen atoms in total. The van der Waals surface area contributed by atoms with Crippen LogP contribution in [0.4, 0.5) is 0 Å². The van der Waals surface area contributed by atoms with E-state index in [0.29, 0.717) is 0 Å². The summed E-state index contributed by atoms with van der Waals surface area (Å²) in [6.07, 6.45) is 3.65. The molecule has 0 aromatic heterocycles. The highest BCUT2D eigenvalue weighted by atomic mass is 17.2. The van der Waals surface area contributed by atoms with E-state index in [1.807, 2.05) is 0 Å². The van der Waals surface area contributed by atoms with Crippen LogP contribution in [0.1, 0.15) is 19.3 Å². The third kappa shape index (κ3) is 2.64. The summed E-state index contributed by atoms with van der Waals surface area (Å²) in [5.74, 6) is 0. The number of hydrogen-bond donors (Lipinski definition) is 1. The first-order valence-corrected chi connectivity index (χ1v) is 5.20. The lowest BCUT2D eigenvalue weighted by atomic mass is 10.2. The van der Waals surface area contributed by atoms with Crippen molar-refractivity contribution in [1.29, 1.82) is 0 Å². The largest absolute Gasteiger partial charge is 0.314 e. The Labute approximate surface area is 79.1 Å². The first-order chi connectivity index (χ1) is 6.47. The number of nitrogens with one attached hydrogen (secondary N) is 1. The van der Waals surface area contributed by atoms with Crippen molar-refractivity contribution >= 4 is 0 Å². The van der Waals surface area contributed by atoms with Crippen LogP contribution in [-0.2, 0) is 9.78 Å². The summed E-state index contributed by atoms with van der Waals surface area (Å²) in [6, 6.07) is 0. The molecular formula is C9H18N2O2. The van der Waals surface area contributed by atoms with Gasteiger partial charge in [0.2, 0.25) is 0 Å². The maximum Gasteiger partial charge on any atom is 0.146 e. The minimum absolute atomic E-state index is 0.199. The Hall–Kier alpha value is -0.160. The van der Waals surface area contributed by atoms with Crippen LogP contribution in [0.15, 0.2) is 0 Å². The van der Waals surface area contributed by atoms with Crippen LogP contribution < -0.4 is 5.32 Å². The van der Waals surface area contributed by atoms with Crippen molar-refractivity contribution in [1.82, 2.24) is 10.2 Å². The Balaban J connectivity index is 1.82. The molecule has 1 atom stereocenters. The van der Waals surface area contributed by atoms with Gasteiger partial charge in [0.1, 0.15) is 6.23 Å². The quantitative estimate of drug-likeness (QED) is 0.599. The zero-order valence-electron chi connectivity index (χ0n) is 8.00. The lowest BCUT2D eigenvalue weighted by molar-refractivity contribution is -0.345. The van der Waals surface area contributed by atoms with Gasteiger partial charge in [-0.1, -0.05) is 0 Å². The Bertz CT molecular complexity index is 141. The van der Waals surface area contributed by atoms with Crippen LogP contribution in [0.3, 0.4) is 0 Å². The smallest absolute Gasteiger partial charge is 0.146 e. The fraction of sp³-hybridized carbons (Fsp3) is 1.00. The van der Waals surface area contributed by atoms with Crippen LogP contribution >= 0.6 is 0 Å². The molecule has 2 fully saturated rings. The predicted molar refractivity (Wildman–Crippen MR) is 49.1 cm³/mol. The summed E-state index contributed by atoms with van der Waals surface area (Å²) in [5, 5.41) is 3.33. The van der Waals surface area contributed by atoms with Crippen molar-refractivity contribution in [2.75, 3.05) is 32.8 Å². The van der Waals surface area contributed by atoms with Crippen molar-refractivity contribution in [3.63, 3.8) is 0 Å². The summed E-state index contributed by atoms with van der Waals surface area (Å²) in [4.78, 5) is 12.8. The van der Waals surface area contributed by atoms with E-state index in [0.717, 1.165) is 45.6 Å². The second kappa shape index (κ2) is 4.91. The molecule has 1 N–H and O–H groups in total. The highest BCUT2D eigenvalue weighted by Crippen LogP contribution is 2.15. The number of nitrogens with zero attached hydrogens (tertiary/aromatic N) is 1. The Morgan fingerprint density at radius 3 is 2.85 bits per heavy atom. The minimum Gasteiger partial charge on any atom is -0.314 e. The molecule has 2 aliphatic heterocycles. The van der Waals surface area contributed by atoms with Crippen LogP contribution in [-0.4, -0.2) is 43.9 Å². The third-order valence-electron chi connectivity index (χ3n) is 2.67. The molecule has 1 unspecified atom stereocenters. The maximum atomic E-state index is 5.34. The summed E-state index contributed by atoms with van der Waals surface area (Å²) >= 11 is 0. The first kappa shape index (κ1) is 9.40. The molecule has 0 amide bonds. The van der Waals surface area contributed by atoms with Crippen LogP contribution in [0.25, 0.3) is 0 Å². The van der Waals surface area contributed by atoms with Crippen molar-refractivity contribution in [2.45, 2.75) is 25.5 Å². The van der Waals surface area contributed by atoms with Gasteiger partial charge >= 0.3 is 0 Å². The molecule has 0 bridgehead atoms. The van der Waals surface area contributed by atoms with Gasteiger partial charge in [0.05, 0.1) is 6.61 Å². The Kier molecular flexibility index (Phi) is 3.55. The molecule has 2 rings (SSSR count). The van der Waals surface area contributed by atoms with Gasteiger partial charge in [-0.05, 0) is 19.3 Å². The predicted octanol–water partition coefficient (Wildman–Crippen LogP) is 0.350. The van der Waals surface area contributed by atoms with E-state index in [4.69, 9.17) is 9.78 Å². The van der Waals surface area contributed by atoms with Gasteiger partial charge in [-0.25, -0.2) is 9.78 Å². The zero-order valence-corrected chi connectivity index (χ0v) is 8.00. The molecule has 2 saturated heterocycles. The van der Waals surface area contributed by atoms with Gasteiger partial charge in [-0.2, -0.15) is 0 Å². The molecule has 2 aliphatic rings. The van der Waals surface area contributed by atoms with Crippen molar-refractivity contribution in [2.24, 2.45) is 0 Å². The standard InChI is InChI=1S/C9H18N2O2/c1-2-8-12-13-9(3-1)11-6-4-10-5-7-11/h9-10H,1-8H2. The van der Waals surface area contributed by atoms with Gasteiger partial charge in [-0.15, -0.1) is 0 Å². The monoisotopic (exact) mass is 186 g/mol. The molecule has 2 heterocycles. The Morgan fingerprint density at radius 1 is 1.15 bits per heavy atom. The summed E-state index contributed by atoms with van der Waals surface area (Å²) in [5.41, 5.74) is 0. The second-order valence-electron chi connectivity index (χ2n) is 3.65. The average Bonchev–Trinajstić information content (AvgIpc) is 2.47. The van der Waals surface area contributed by atoms with Gasteiger partial charge in [0.15, 0.2) is 0 Å². The molecule has 76 valence electrons. The average molecular weight is 186 g/mol. The molecule has 0 aromatic carbocycles. The fourth-order valence-electron chi connectivity index (χ4n) is 1.87. The molecule has 0 saturated carbocycles. The molecule has 4 heteroatoms. The molecule has 0 radical (unpaired) electrons. The molecule has 0 aliphatic carbocycles. The normalized spacial score (nSPS) is 32.8. The lowest BCUT2D eigenvalue weighted by Gasteiger charge is -2.32. The third-order valence-corrected chi connectivity index (χ3v) is 2.67. The van der Waals surface area contributed by atoms with Crippen molar-refractivity contribution in [3.8, 4) is 0 Å².